The van der Waals surface area contributed by atoms with Crippen LogP contribution < -0.4 is 9.47 Å². The van der Waals surface area contributed by atoms with Crippen molar-refractivity contribution in [2.24, 2.45) is 5.92 Å². The Morgan fingerprint density at radius 3 is 2.17 bits per heavy atom. The number of rotatable bonds is 11. The Morgan fingerprint density at radius 2 is 1.57 bits per heavy atom. The molecule has 0 aliphatic heterocycles. The smallest absolute Gasteiger partial charge is 0.176 e. The van der Waals surface area contributed by atoms with Crippen molar-refractivity contribution < 1.29 is 19.0 Å². The molecule has 2 aromatic carbocycles. The molecule has 0 saturated heterocycles. The summed E-state index contributed by atoms with van der Waals surface area (Å²) in [6.07, 6.45) is 6.05. The molecule has 0 spiro atoms. The molecule has 1 aliphatic carbocycles. The number of carbonyl (C=O) groups is 1. The van der Waals surface area contributed by atoms with Gasteiger partial charge in [0.1, 0.15) is 17.2 Å². The lowest BCUT2D eigenvalue weighted by Crippen LogP contribution is -2.29. The van der Waals surface area contributed by atoms with Gasteiger partial charge in [-0.15, -0.1) is 11.8 Å². The van der Waals surface area contributed by atoms with E-state index in [1.807, 2.05) is 55.5 Å². The summed E-state index contributed by atoms with van der Waals surface area (Å²) in [5.41, 5.74) is 0.761. The number of methoxy groups -OCH3 is 1. The van der Waals surface area contributed by atoms with E-state index in [0.29, 0.717) is 12.5 Å². The number of hydrogen-bond donors (Lipinski definition) is 0. The second kappa shape index (κ2) is 12.0. The maximum absolute atomic E-state index is 13.3. The topological polar surface area (TPSA) is 44.8 Å². The minimum Gasteiger partial charge on any atom is -0.497 e. The molecule has 4 nitrogen and oxygen atoms in total. The lowest BCUT2D eigenvalue weighted by Gasteiger charge is -2.29. The third-order valence-corrected chi connectivity index (χ3v) is 6.86. The minimum absolute atomic E-state index is 0.0131. The van der Waals surface area contributed by atoms with Crippen LogP contribution in [0.2, 0.25) is 0 Å². The molecule has 5 heteroatoms. The van der Waals surface area contributed by atoms with Crippen molar-refractivity contribution in [3.63, 3.8) is 0 Å². The highest BCUT2D eigenvalue weighted by atomic mass is 32.2. The molecule has 1 unspecified atom stereocenters. The van der Waals surface area contributed by atoms with E-state index in [1.54, 1.807) is 18.9 Å². The van der Waals surface area contributed by atoms with Crippen molar-refractivity contribution in [3.8, 4) is 17.2 Å². The minimum atomic E-state index is 0.0131. The summed E-state index contributed by atoms with van der Waals surface area (Å²) in [6, 6.07) is 15.0. The molecule has 0 aromatic heterocycles. The van der Waals surface area contributed by atoms with Gasteiger partial charge in [0.05, 0.1) is 19.0 Å². The molecule has 1 saturated carbocycles. The van der Waals surface area contributed by atoms with Gasteiger partial charge in [0, 0.05) is 17.9 Å². The van der Waals surface area contributed by atoms with E-state index in [9.17, 15) is 4.79 Å². The van der Waals surface area contributed by atoms with Crippen molar-refractivity contribution in [1.82, 2.24) is 0 Å². The Balaban J connectivity index is 1.65. The molecular formula is C25H32O4S. The molecule has 0 bridgehead atoms. The molecule has 30 heavy (non-hydrogen) atoms. The number of thioether (sulfide) groups is 1. The van der Waals surface area contributed by atoms with E-state index in [2.05, 4.69) is 0 Å². The first-order chi connectivity index (χ1) is 14.7. The van der Waals surface area contributed by atoms with Gasteiger partial charge in [0.2, 0.25) is 0 Å². The van der Waals surface area contributed by atoms with Crippen LogP contribution in [-0.4, -0.2) is 37.1 Å². The molecular weight excluding hydrogens is 396 g/mol. The Labute approximate surface area is 184 Å². The second-order valence-corrected chi connectivity index (χ2v) is 8.80. The SMILES string of the molecule is CCOCCSC(C(=O)c1ccc(Oc2ccc(OC)cc2)cc1)C1CCCCC1. The first kappa shape index (κ1) is 22.7. The maximum Gasteiger partial charge on any atom is 0.176 e. The molecule has 3 rings (SSSR count). The van der Waals surface area contributed by atoms with Crippen LogP contribution in [0.4, 0.5) is 0 Å². The number of ether oxygens (including phenoxy) is 3. The zero-order chi connectivity index (χ0) is 21.2. The fourth-order valence-electron chi connectivity index (χ4n) is 3.87. The second-order valence-electron chi connectivity index (χ2n) is 7.55. The molecule has 1 atom stereocenters. The monoisotopic (exact) mass is 428 g/mol. The molecule has 0 heterocycles. The van der Waals surface area contributed by atoms with Crippen LogP contribution in [0.5, 0.6) is 17.2 Å². The van der Waals surface area contributed by atoms with Crippen LogP contribution in [0, 0.1) is 5.92 Å². The average Bonchev–Trinajstić information content (AvgIpc) is 2.80. The molecule has 1 fully saturated rings. The Bertz CT molecular complexity index is 767. The number of hydrogen-bond acceptors (Lipinski definition) is 5. The Kier molecular flexibility index (Phi) is 9.09. The Morgan fingerprint density at radius 1 is 0.967 bits per heavy atom. The summed E-state index contributed by atoms with van der Waals surface area (Å²) in [5, 5.41) is 0.0131. The van der Waals surface area contributed by atoms with Crippen molar-refractivity contribution >= 4 is 17.5 Å². The quantitative estimate of drug-likeness (QED) is 0.306. The Hall–Kier alpha value is -1.98. The predicted octanol–water partition coefficient (Wildman–Crippen LogP) is 6.39. The molecule has 2 aromatic rings. The number of carbonyl (C=O) groups excluding carboxylic acids is 1. The van der Waals surface area contributed by atoms with Gasteiger partial charge in [0.25, 0.3) is 0 Å². The van der Waals surface area contributed by atoms with Crippen molar-refractivity contribution in [2.75, 3.05) is 26.1 Å². The van der Waals surface area contributed by atoms with E-state index >= 15 is 0 Å². The summed E-state index contributed by atoms with van der Waals surface area (Å²) in [4.78, 5) is 13.3. The van der Waals surface area contributed by atoms with Crippen molar-refractivity contribution in [3.05, 3.63) is 54.1 Å². The number of ketones is 1. The van der Waals surface area contributed by atoms with Crippen molar-refractivity contribution in [1.29, 1.82) is 0 Å². The molecule has 0 radical (unpaired) electrons. The van der Waals surface area contributed by atoms with Gasteiger partial charge in [-0.3, -0.25) is 4.79 Å². The van der Waals surface area contributed by atoms with E-state index < -0.39 is 0 Å². The van der Waals surface area contributed by atoms with E-state index in [0.717, 1.165) is 48.0 Å². The van der Waals surface area contributed by atoms with E-state index in [-0.39, 0.29) is 11.0 Å². The van der Waals surface area contributed by atoms with Crippen LogP contribution in [0.15, 0.2) is 48.5 Å². The van der Waals surface area contributed by atoms with E-state index in [4.69, 9.17) is 14.2 Å². The zero-order valence-corrected chi connectivity index (χ0v) is 18.8. The van der Waals surface area contributed by atoms with Gasteiger partial charge in [-0.25, -0.2) is 0 Å². The van der Waals surface area contributed by atoms with Gasteiger partial charge < -0.3 is 14.2 Å². The average molecular weight is 429 g/mol. The van der Waals surface area contributed by atoms with Crippen LogP contribution in [0.1, 0.15) is 49.4 Å². The van der Waals surface area contributed by atoms with Gasteiger partial charge in [0.15, 0.2) is 5.78 Å². The first-order valence-corrected chi connectivity index (χ1v) is 11.9. The zero-order valence-electron chi connectivity index (χ0n) is 18.0. The lowest BCUT2D eigenvalue weighted by molar-refractivity contribution is 0.0959. The van der Waals surface area contributed by atoms with Crippen LogP contribution >= 0.6 is 11.8 Å². The third kappa shape index (κ3) is 6.51. The summed E-state index contributed by atoms with van der Waals surface area (Å²) in [6.45, 7) is 3.43. The van der Waals surface area contributed by atoms with Gasteiger partial charge >= 0.3 is 0 Å². The normalized spacial score (nSPS) is 15.5. The number of benzene rings is 2. The highest BCUT2D eigenvalue weighted by molar-refractivity contribution is 8.00. The largest absolute Gasteiger partial charge is 0.497 e. The van der Waals surface area contributed by atoms with Crippen LogP contribution in [-0.2, 0) is 4.74 Å². The molecule has 1 aliphatic rings. The number of Topliss-reactive ketones (excluding diaryl/α,β-unsaturated/α-hetero) is 1. The molecule has 0 N–H and O–H groups in total. The molecule has 0 amide bonds. The highest BCUT2D eigenvalue weighted by Gasteiger charge is 2.30. The standard InChI is InChI=1S/C25H32O4S/c1-3-28-17-18-30-25(20-7-5-4-6-8-20)24(26)19-9-11-22(12-10-19)29-23-15-13-21(27-2)14-16-23/h9-16,20,25H,3-8,17-18H2,1-2H3. The third-order valence-electron chi connectivity index (χ3n) is 5.50. The predicted molar refractivity (Wildman–Crippen MR) is 123 cm³/mol. The summed E-state index contributed by atoms with van der Waals surface area (Å²) in [5.74, 6) is 3.81. The first-order valence-electron chi connectivity index (χ1n) is 10.9. The highest BCUT2D eigenvalue weighted by Crippen LogP contribution is 2.35. The van der Waals surface area contributed by atoms with Crippen molar-refractivity contribution in [2.45, 2.75) is 44.3 Å². The van der Waals surface area contributed by atoms with E-state index in [1.165, 1.54) is 19.3 Å². The van der Waals surface area contributed by atoms with Crippen LogP contribution in [0.3, 0.4) is 0 Å². The lowest BCUT2D eigenvalue weighted by atomic mass is 9.84. The van der Waals surface area contributed by atoms with Gasteiger partial charge in [-0.2, -0.15) is 0 Å². The fraction of sp³-hybridized carbons (Fsp3) is 0.480. The van der Waals surface area contributed by atoms with Gasteiger partial charge in [-0.05, 0) is 74.2 Å². The maximum atomic E-state index is 13.3. The summed E-state index contributed by atoms with van der Waals surface area (Å²) < 4.78 is 16.6. The van der Waals surface area contributed by atoms with Crippen LogP contribution in [0.25, 0.3) is 0 Å². The summed E-state index contributed by atoms with van der Waals surface area (Å²) in [7, 11) is 1.64. The summed E-state index contributed by atoms with van der Waals surface area (Å²) >= 11 is 1.76. The molecule has 162 valence electrons. The fourth-order valence-corrected chi connectivity index (χ4v) is 5.17. The van der Waals surface area contributed by atoms with Gasteiger partial charge in [-0.1, -0.05) is 19.3 Å².